The van der Waals surface area contributed by atoms with Crippen LogP contribution in [0, 0.1) is 12.8 Å². The minimum absolute atomic E-state index is 0.0775. The van der Waals surface area contributed by atoms with Gasteiger partial charge < -0.3 is 20.3 Å². The van der Waals surface area contributed by atoms with Gasteiger partial charge in [0.25, 0.3) is 0 Å². The van der Waals surface area contributed by atoms with E-state index in [1.165, 1.54) is 31.5 Å². The molecule has 1 aliphatic heterocycles. The van der Waals surface area contributed by atoms with Crippen LogP contribution >= 0.6 is 0 Å². The van der Waals surface area contributed by atoms with Crippen molar-refractivity contribution in [2.24, 2.45) is 10.9 Å². The Bertz CT molecular complexity index is 524. The Morgan fingerprint density at radius 1 is 1.33 bits per heavy atom. The quantitative estimate of drug-likeness (QED) is 0.620. The van der Waals surface area contributed by atoms with E-state index in [1.807, 2.05) is 19.2 Å². The van der Waals surface area contributed by atoms with Crippen molar-refractivity contribution in [3.63, 3.8) is 0 Å². The van der Waals surface area contributed by atoms with Gasteiger partial charge in [-0.2, -0.15) is 0 Å². The first-order valence-corrected chi connectivity index (χ1v) is 8.93. The monoisotopic (exact) mass is 332 g/mol. The number of rotatable bonds is 6. The molecule has 2 N–H and O–H groups in total. The summed E-state index contributed by atoms with van der Waals surface area (Å²) in [5.74, 6) is 2.51. The summed E-state index contributed by atoms with van der Waals surface area (Å²) in [6, 6.07) is 8.15. The van der Waals surface area contributed by atoms with Gasteiger partial charge in [-0.1, -0.05) is 12.1 Å². The van der Waals surface area contributed by atoms with Gasteiger partial charge >= 0.3 is 0 Å². The Labute approximate surface area is 146 Å². The van der Waals surface area contributed by atoms with Crippen molar-refractivity contribution in [2.45, 2.75) is 32.8 Å². The molecule has 1 heterocycles. The molecule has 0 saturated carbocycles. The van der Waals surface area contributed by atoms with Gasteiger partial charge in [-0.3, -0.25) is 4.99 Å². The summed E-state index contributed by atoms with van der Waals surface area (Å²) >= 11 is 0. The van der Waals surface area contributed by atoms with E-state index in [-0.39, 0.29) is 6.10 Å². The van der Waals surface area contributed by atoms with Crippen LogP contribution in [0.25, 0.3) is 0 Å². The van der Waals surface area contributed by atoms with Crippen LogP contribution in [0.15, 0.2) is 29.3 Å². The zero-order valence-corrected chi connectivity index (χ0v) is 15.5. The highest BCUT2D eigenvalue weighted by Crippen LogP contribution is 2.15. The molecule has 1 atom stereocenters. The third-order valence-corrected chi connectivity index (χ3v) is 4.50. The number of ether oxygens (including phenoxy) is 1. The lowest BCUT2D eigenvalue weighted by Crippen LogP contribution is -2.44. The van der Waals surface area contributed by atoms with E-state index in [0.717, 1.165) is 30.7 Å². The fourth-order valence-corrected chi connectivity index (χ4v) is 2.93. The number of hydrogen-bond donors (Lipinski definition) is 2. The SMILES string of the molecule is CN=C(NCC1CCN(C)CC1)NCC(C)Oc1cccc(C)c1. The van der Waals surface area contributed by atoms with Gasteiger partial charge in [0.05, 0.1) is 6.54 Å². The van der Waals surface area contributed by atoms with Gasteiger partial charge in [0.2, 0.25) is 0 Å². The minimum Gasteiger partial charge on any atom is -0.489 e. The third kappa shape index (κ3) is 6.40. The van der Waals surface area contributed by atoms with Gasteiger partial charge in [-0.15, -0.1) is 0 Å². The molecule has 0 aliphatic carbocycles. The van der Waals surface area contributed by atoms with Crippen molar-refractivity contribution < 1.29 is 4.74 Å². The number of aryl methyl sites for hydroxylation is 1. The predicted molar refractivity (Wildman–Crippen MR) is 101 cm³/mol. The number of nitrogens with one attached hydrogen (secondary N) is 2. The highest BCUT2D eigenvalue weighted by molar-refractivity contribution is 5.79. The fraction of sp³-hybridized carbons (Fsp3) is 0.632. The second-order valence-corrected chi connectivity index (χ2v) is 6.83. The normalized spacial score (nSPS) is 18.2. The van der Waals surface area contributed by atoms with Crippen molar-refractivity contribution in [1.29, 1.82) is 0 Å². The van der Waals surface area contributed by atoms with Crippen molar-refractivity contribution in [3.8, 4) is 5.75 Å². The van der Waals surface area contributed by atoms with E-state index in [1.54, 1.807) is 0 Å². The van der Waals surface area contributed by atoms with E-state index in [4.69, 9.17) is 4.74 Å². The van der Waals surface area contributed by atoms with Gasteiger partial charge in [-0.25, -0.2) is 0 Å². The third-order valence-electron chi connectivity index (χ3n) is 4.50. The zero-order valence-electron chi connectivity index (χ0n) is 15.5. The maximum Gasteiger partial charge on any atom is 0.191 e. The van der Waals surface area contributed by atoms with Crippen LogP contribution in [0.2, 0.25) is 0 Å². The van der Waals surface area contributed by atoms with E-state index in [2.05, 4.69) is 53.6 Å². The molecule has 0 amide bonds. The Morgan fingerprint density at radius 2 is 2.08 bits per heavy atom. The van der Waals surface area contributed by atoms with Gasteiger partial charge in [0, 0.05) is 13.6 Å². The molecule has 0 bridgehead atoms. The molecule has 5 heteroatoms. The first-order chi connectivity index (χ1) is 11.6. The van der Waals surface area contributed by atoms with Gasteiger partial charge in [0.15, 0.2) is 5.96 Å². The number of hydrogen-bond acceptors (Lipinski definition) is 3. The highest BCUT2D eigenvalue weighted by Gasteiger charge is 2.16. The first kappa shape index (κ1) is 18.6. The summed E-state index contributed by atoms with van der Waals surface area (Å²) in [5, 5.41) is 6.80. The molecule has 0 radical (unpaired) electrons. The summed E-state index contributed by atoms with van der Waals surface area (Å²) in [6.07, 6.45) is 2.59. The van der Waals surface area contributed by atoms with E-state index in [9.17, 15) is 0 Å². The molecule has 1 fully saturated rings. The number of likely N-dealkylation sites (tertiary alicyclic amines) is 1. The van der Waals surface area contributed by atoms with Gasteiger partial charge in [0.1, 0.15) is 11.9 Å². The number of nitrogens with zero attached hydrogens (tertiary/aromatic N) is 2. The molecule has 24 heavy (non-hydrogen) atoms. The topological polar surface area (TPSA) is 48.9 Å². The van der Waals surface area contributed by atoms with E-state index < -0.39 is 0 Å². The molecular weight excluding hydrogens is 300 g/mol. The molecule has 0 aromatic heterocycles. The van der Waals surface area contributed by atoms with Crippen molar-refractivity contribution in [3.05, 3.63) is 29.8 Å². The van der Waals surface area contributed by atoms with Crippen LogP contribution in [-0.4, -0.2) is 57.2 Å². The molecule has 5 nitrogen and oxygen atoms in total. The fourth-order valence-electron chi connectivity index (χ4n) is 2.93. The van der Waals surface area contributed by atoms with Crippen molar-refractivity contribution >= 4 is 5.96 Å². The second kappa shape index (κ2) is 9.52. The van der Waals surface area contributed by atoms with Crippen LogP contribution in [0.3, 0.4) is 0 Å². The Hall–Kier alpha value is -1.75. The van der Waals surface area contributed by atoms with Crippen LogP contribution in [0.1, 0.15) is 25.3 Å². The first-order valence-electron chi connectivity index (χ1n) is 8.93. The summed E-state index contributed by atoms with van der Waals surface area (Å²) in [6.45, 7) is 8.24. The van der Waals surface area contributed by atoms with Crippen LogP contribution in [-0.2, 0) is 0 Å². The molecule has 1 aliphatic rings. The summed E-state index contributed by atoms with van der Waals surface area (Å²) in [5.41, 5.74) is 1.21. The van der Waals surface area contributed by atoms with Crippen LogP contribution < -0.4 is 15.4 Å². The zero-order chi connectivity index (χ0) is 17.4. The van der Waals surface area contributed by atoms with Crippen molar-refractivity contribution in [2.75, 3.05) is 40.3 Å². The maximum atomic E-state index is 5.95. The minimum atomic E-state index is 0.0775. The lowest BCUT2D eigenvalue weighted by molar-refractivity contribution is 0.218. The lowest BCUT2D eigenvalue weighted by Gasteiger charge is -2.29. The highest BCUT2D eigenvalue weighted by atomic mass is 16.5. The molecular formula is C19H32N4O. The molecule has 1 aromatic rings. The molecule has 0 spiro atoms. The molecule has 1 unspecified atom stereocenters. The standard InChI is InChI=1S/C19H32N4O/c1-15-6-5-7-18(12-15)24-16(2)13-21-19(20-3)22-14-17-8-10-23(4)11-9-17/h5-7,12,16-17H,8-11,13-14H2,1-4H3,(H2,20,21,22). The number of benzene rings is 1. The van der Waals surface area contributed by atoms with E-state index in [0.29, 0.717) is 0 Å². The largest absolute Gasteiger partial charge is 0.489 e. The molecule has 134 valence electrons. The molecule has 2 rings (SSSR count). The predicted octanol–water partition coefficient (Wildman–Crippen LogP) is 2.27. The Kier molecular flexibility index (Phi) is 7.37. The lowest BCUT2D eigenvalue weighted by atomic mass is 9.97. The molecule has 1 saturated heterocycles. The van der Waals surface area contributed by atoms with Crippen LogP contribution in [0.5, 0.6) is 5.75 Å². The maximum absolute atomic E-state index is 5.95. The average molecular weight is 332 g/mol. The molecule has 1 aromatic carbocycles. The second-order valence-electron chi connectivity index (χ2n) is 6.83. The Balaban J connectivity index is 1.69. The number of piperidine rings is 1. The van der Waals surface area contributed by atoms with E-state index >= 15 is 0 Å². The Morgan fingerprint density at radius 3 is 2.75 bits per heavy atom. The number of guanidine groups is 1. The summed E-state index contributed by atoms with van der Waals surface area (Å²) < 4.78 is 5.95. The van der Waals surface area contributed by atoms with Crippen LogP contribution in [0.4, 0.5) is 0 Å². The number of aliphatic imine (C=N–C) groups is 1. The summed E-state index contributed by atoms with van der Waals surface area (Å²) in [4.78, 5) is 6.71. The summed E-state index contributed by atoms with van der Waals surface area (Å²) in [7, 11) is 4.01. The smallest absolute Gasteiger partial charge is 0.191 e. The van der Waals surface area contributed by atoms with Crippen molar-refractivity contribution in [1.82, 2.24) is 15.5 Å². The average Bonchev–Trinajstić information content (AvgIpc) is 2.56. The van der Waals surface area contributed by atoms with Gasteiger partial charge in [-0.05, 0) is 70.4 Å².